The Balaban J connectivity index is 2.65. The van der Waals surface area contributed by atoms with Gasteiger partial charge >= 0.3 is 0 Å². The third-order valence-corrected chi connectivity index (χ3v) is 3.94. The topological polar surface area (TPSA) is 94.6 Å². The molecule has 0 bridgehead atoms. The molecule has 0 aliphatic heterocycles. The third kappa shape index (κ3) is 6.74. The lowest BCUT2D eigenvalue weighted by Crippen LogP contribution is -2.41. The number of benzene rings is 1. The summed E-state index contributed by atoms with van der Waals surface area (Å²) in [6, 6.07) is 7.55. The largest absolute Gasteiger partial charge is 0.359 e. The van der Waals surface area contributed by atoms with E-state index in [9.17, 15) is 9.59 Å². The quantitative estimate of drug-likeness (QED) is 0.409. The van der Waals surface area contributed by atoms with Gasteiger partial charge in [-0.15, -0.1) is 0 Å². The second-order valence-electron chi connectivity index (χ2n) is 6.61. The predicted octanol–water partition coefficient (Wildman–Crippen LogP) is 0.916. The van der Waals surface area contributed by atoms with Gasteiger partial charge in [0.25, 0.3) is 5.91 Å². The molecule has 0 aliphatic carbocycles. The van der Waals surface area contributed by atoms with E-state index in [0.29, 0.717) is 24.6 Å². The number of guanidine groups is 1. The molecule has 1 aromatic rings. The number of rotatable bonds is 8. The number of hydrogen-bond donors (Lipinski definition) is 4. The first-order chi connectivity index (χ1) is 12.3. The molecule has 1 rings (SSSR count). The molecule has 7 nitrogen and oxygen atoms in total. The normalized spacial score (nSPS) is 11.7. The number of aliphatic imine (C=N–C) groups is 1. The fraction of sp³-hybridized carbons (Fsp3) is 0.526. The highest BCUT2D eigenvalue weighted by molar-refractivity contribution is 5.94. The molecule has 1 aromatic carbocycles. The van der Waals surface area contributed by atoms with Crippen LogP contribution in [0.4, 0.5) is 0 Å². The number of nitrogens with one attached hydrogen (secondary N) is 4. The van der Waals surface area contributed by atoms with Crippen molar-refractivity contribution in [3.63, 3.8) is 0 Å². The molecular formula is C19H31N5O2. The summed E-state index contributed by atoms with van der Waals surface area (Å²) in [6.45, 7) is 7.51. The Morgan fingerprint density at radius 3 is 2.46 bits per heavy atom. The van der Waals surface area contributed by atoms with Crippen molar-refractivity contribution in [2.75, 3.05) is 33.7 Å². The van der Waals surface area contributed by atoms with Gasteiger partial charge in [-0.1, -0.05) is 12.1 Å². The van der Waals surface area contributed by atoms with Gasteiger partial charge in [-0.2, -0.15) is 0 Å². The highest BCUT2D eigenvalue weighted by atomic mass is 16.2. The molecule has 0 aliphatic rings. The van der Waals surface area contributed by atoms with E-state index >= 15 is 0 Å². The molecule has 0 fully saturated rings. The summed E-state index contributed by atoms with van der Waals surface area (Å²) in [6.07, 6.45) is 0.758. The van der Waals surface area contributed by atoms with Crippen LogP contribution in [0.15, 0.2) is 29.3 Å². The van der Waals surface area contributed by atoms with E-state index in [0.717, 1.165) is 18.5 Å². The monoisotopic (exact) mass is 361 g/mol. The first-order valence-electron chi connectivity index (χ1n) is 8.89. The molecule has 0 saturated heterocycles. The van der Waals surface area contributed by atoms with Gasteiger partial charge < -0.3 is 21.3 Å². The van der Waals surface area contributed by atoms with E-state index in [1.165, 1.54) is 0 Å². The molecule has 0 saturated carbocycles. The van der Waals surface area contributed by atoms with E-state index in [2.05, 4.69) is 26.3 Å². The maximum absolute atomic E-state index is 11.9. The predicted molar refractivity (Wildman–Crippen MR) is 105 cm³/mol. The summed E-state index contributed by atoms with van der Waals surface area (Å²) in [5, 5.41) is 11.7. The molecule has 0 unspecified atom stereocenters. The van der Waals surface area contributed by atoms with Gasteiger partial charge in [0, 0.05) is 32.7 Å². The van der Waals surface area contributed by atoms with Crippen LogP contribution in [0, 0.1) is 5.41 Å². The van der Waals surface area contributed by atoms with E-state index < -0.39 is 5.41 Å². The van der Waals surface area contributed by atoms with E-state index in [-0.39, 0.29) is 11.8 Å². The Morgan fingerprint density at radius 2 is 1.85 bits per heavy atom. The van der Waals surface area contributed by atoms with Crippen LogP contribution in [0.3, 0.4) is 0 Å². The molecule has 2 amide bonds. The third-order valence-electron chi connectivity index (χ3n) is 3.94. The number of carbonyl (C=O) groups excluding carboxylic acids is 2. The highest BCUT2D eigenvalue weighted by Crippen LogP contribution is 2.15. The van der Waals surface area contributed by atoms with Crippen molar-refractivity contribution in [1.82, 2.24) is 21.3 Å². The summed E-state index contributed by atoms with van der Waals surface area (Å²) >= 11 is 0. The van der Waals surface area contributed by atoms with Crippen molar-refractivity contribution in [2.24, 2.45) is 10.4 Å². The van der Waals surface area contributed by atoms with Crippen molar-refractivity contribution in [3.05, 3.63) is 35.4 Å². The van der Waals surface area contributed by atoms with Crippen LogP contribution < -0.4 is 21.3 Å². The lowest BCUT2D eigenvalue weighted by atomic mass is 9.93. The summed E-state index contributed by atoms with van der Waals surface area (Å²) in [5.74, 6) is 0.543. The molecule has 0 spiro atoms. The number of amides is 2. The number of hydrogen-bond acceptors (Lipinski definition) is 3. The second-order valence-corrected chi connectivity index (χ2v) is 6.61. The van der Waals surface area contributed by atoms with Crippen LogP contribution in [-0.4, -0.2) is 51.5 Å². The van der Waals surface area contributed by atoms with E-state index in [1.54, 1.807) is 20.2 Å². The average Bonchev–Trinajstić information content (AvgIpc) is 2.64. The van der Waals surface area contributed by atoms with Crippen molar-refractivity contribution in [3.8, 4) is 0 Å². The Bertz CT molecular complexity index is 641. The first kappa shape index (κ1) is 21.5. The molecule has 0 atom stereocenters. The molecular weight excluding hydrogens is 330 g/mol. The smallest absolute Gasteiger partial charge is 0.251 e. The van der Waals surface area contributed by atoms with Crippen molar-refractivity contribution < 1.29 is 9.59 Å². The molecule has 4 N–H and O–H groups in total. The minimum atomic E-state index is -0.570. The summed E-state index contributed by atoms with van der Waals surface area (Å²) < 4.78 is 0. The second kappa shape index (κ2) is 10.4. The van der Waals surface area contributed by atoms with Crippen LogP contribution in [0.5, 0.6) is 0 Å². The van der Waals surface area contributed by atoms with Gasteiger partial charge in [-0.25, -0.2) is 0 Å². The molecule has 144 valence electrons. The fourth-order valence-electron chi connectivity index (χ4n) is 2.37. The Hall–Kier alpha value is -2.57. The average molecular weight is 361 g/mol. The van der Waals surface area contributed by atoms with Crippen LogP contribution in [0.1, 0.15) is 36.7 Å². The molecule has 0 radical (unpaired) electrons. The van der Waals surface area contributed by atoms with Crippen LogP contribution >= 0.6 is 0 Å². The Morgan fingerprint density at radius 1 is 1.12 bits per heavy atom. The number of carbonyl (C=O) groups is 2. The first-order valence-corrected chi connectivity index (χ1v) is 8.89. The van der Waals surface area contributed by atoms with Gasteiger partial charge in [-0.3, -0.25) is 14.6 Å². The van der Waals surface area contributed by atoms with E-state index in [1.807, 2.05) is 39.0 Å². The van der Waals surface area contributed by atoms with Crippen LogP contribution in [0.2, 0.25) is 0 Å². The zero-order valence-corrected chi connectivity index (χ0v) is 16.4. The van der Waals surface area contributed by atoms with Gasteiger partial charge in [0.2, 0.25) is 5.91 Å². The zero-order chi connectivity index (χ0) is 19.6. The molecule has 0 aromatic heterocycles. The van der Waals surface area contributed by atoms with Crippen molar-refractivity contribution in [2.45, 2.75) is 27.2 Å². The molecule has 7 heteroatoms. The fourth-order valence-corrected chi connectivity index (χ4v) is 2.37. The van der Waals surface area contributed by atoms with Gasteiger partial charge in [-0.05, 0) is 44.9 Å². The minimum absolute atomic E-state index is 0.0388. The van der Waals surface area contributed by atoms with Crippen molar-refractivity contribution in [1.29, 1.82) is 0 Å². The summed E-state index contributed by atoms with van der Waals surface area (Å²) in [7, 11) is 3.25. The standard InChI is InChI=1S/C19H31N5O2/c1-6-22-18(24-13-19(2,3)17(26)21-5)23-11-10-14-8-7-9-15(12-14)16(25)20-4/h7-9,12H,6,10-11,13H2,1-5H3,(H,20,25)(H,21,26)(H2,22,23,24). The van der Waals surface area contributed by atoms with Gasteiger partial charge in [0.15, 0.2) is 5.96 Å². The van der Waals surface area contributed by atoms with Crippen LogP contribution in [-0.2, 0) is 11.2 Å². The summed E-state index contributed by atoms with van der Waals surface area (Å²) in [4.78, 5) is 28.1. The molecule has 26 heavy (non-hydrogen) atoms. The number of nitrogens with zero attached hydrogens (tertiary/aromatic N) is 1. The lowest BCUT2D eigenvalue weighted by molar-refractivity contribution is -0.128. The Labute approximate surface area is 156 Å². The van der Waals surface area contributed by atoms with E-state index in [4.69, 9.17) is 0 Å². The highest BCUT2D eigenvalue weighted by Gasteiger charge is 2.26. The maximum Gasteiger partial charge on any atom is 0.251 e. The lowest BCUT2D eigenvalue weighted by Gasteiger charge is -2.21. The minimum Gasteiger partial charge on any atom is -0.359 e. The van der Waals surface area contributed by atoms with Gasteiger partial charge in [0.1, 0.15) is 0 Å². The van der Waals surface area contributed by atoms with Crippen molar-refractivity contribution >= 4 is 17.8 Å². The van der Waals surface area contributed by atoms with Crippen LogP contribution in [0.25, 0.3) is 0 Å². The molecule has 0 heterocycles. The SMILES string of the molecule is CCNC(=NCC(C)(C)C(=O)NC)NCCc1cccc(C(=O)NC)c1. The van der Waals surface area contributed by atoms with Gasteiger partial charge in [0.05, 0.1) is 12.0 Å². The summed E-state index contributed by atoms with van der Waals surface area (Å²) in [5.41, 5.74) is 1.15. The Kier molecular flexibility index (Phi) is 8.61. The maximum atomic E-state index is 11.9. The zero-order valence-electron chi connectivity index (χ0n) is 16.4.